The smallest absolute Gasteiger partial charge is 0.301 e. The van der Waals surface area contributed by atoms with Gasteiger partial charge in [0, 0.05) is 28.2 Å². The van der Waals surface area contributed by atoms with E-state index in [0.29, 0.717) is 11.0 Å². The number of hydrogen-bond donors (Lipinski definition) is 0. The Bertz CT molecular complexity index is 620. The summed E-state index contributed by atoms with van der Waals surface area (Å²) in [5.41, 5.74) is 0.856. The first kappa shape index (κ1) is 12.0. The van der Waals surface area contributed by atoms with Gasteiger partial charge in [0.25, 0.3) is 5.69 Å². The van der Waals surface area contributed by atoms with Crippen molar-refractivity contribution in [3.63, 3.8) is 0 Å². The van der Waals surface area contributed by atoms with Crippen LogP contribution in [0.15, 0.2) is 39.0 Å². The van der Waals surface area contributed by atoms with E-state index >= 15 is 0 Å². The number of aromatic nitrogens is 1. The molecule has 0 saturated heterocycles. The van der Waals surface area contributed by atoms with E-state index < -0.39 is 4.92 Å². The minimum absolute atomic E-state index is 0.0262. The second kappa shape index (κ2) is 4.80. The van der Waals surface area contributed by atoms with Gasteiger partial charge in [-0.3, -0.25) is 14.9 Å². The Balaban J connectivity index is 2.32. The van der Waals surface area contributed by atoms with Crippen LogP contribution in [-0.4, -0.2) is 9.49 Å². The number of hydrogen-bond acceptors (Lipinski definition) is 4. The van der Waals surface area contributed by atoms with Crippen molar-refractivity contribution >= 4 is 33.0 Å². The van der Waals surface area contributed by atoms with Gasteiger partial charge in [-0.1, -0.05) is 27.3 Å². The van der Waals surface area contributed by atoms with Gasteiger partial charge in [-0.25, -0.2) is 0 Å². The molecule has 1 aromatic carbocycles. The maximum absolute atomic E-state index is 11.4. The lowest BCUT2D eigenvalue weighted by molar-refractivity contribution is -0.384. The number of nitrogens with zero attached hydrogens (tertiary/aromatic N) is 2. The summed E-state index contributed by atoms with van der Waals surface area (Å²) in [6.07, 6.45) is 1.70. The number of halogens is 1. The van der Waals surface area contributed by atoms with Crippen molar-refractivity contribution in [1.82, 2.24) is 4.57 Å². The highest BCUT2D eigenvalue weighted by molar-refractivity contribution is 9.10. The van der Waals surface area contributed by atoms with Gasteiger partial charge in [-0.2, -0.15) is 0 Å². The van der Waals surface area contributed by atoms with Crippen LogP contribution in [0.2, 0.25) is 0 Å². The molecule has 17 heavy (non-hydrogen) atoms. The molecule has 0 unspecified atom stereocenters. The van der Waals surface area contributed by atoms with Crippen molar-refractivity contribution in [2.45, 2.75) is 6.54 Å². The molecular formula is C10H7BrN2O3S. The minimum atomic E-state index is -0.453. The summed E-state index contributed by atoms with van der Waals surface area (Å²) in [5, 5.41) is 12.3. The molecule has 1 heterocycles. The van der Waals surface area contributed by atoms with E-state index in [1.165, 1.54) is 12.1 Å². The highest BCUT2D eigenvalue weighted by Crippen LogP contribution is 2.23. The Hall–Kier alpha value is -1.47. The van der Waals surface area contributed by atoms with E-state index in [0.717, 1.165) is 16.9 Å². The van der Waals surface area contributed by atoms with Crippen molar-refractivity contribution < 1.29 is 4.92 Å². The molecular weight excluding hydrogens is 308 g/mol. The molecule has 5 nitrogen and oxygen atoms in total. The molecule has 0 atom stereocenters. The normalized spacial score (nSPS) is 10.4. The number of rotatable bonds is 3. The number of non-ortho nitro benzene ring substituents is 1. The summed E-state index contributed by atoms with van der Waals surface area (Å²) in [5.74, 6) is 0. The Kier molecular flexibility index (Phi) is 3.39. The molecule has 2 aromatic rings. The van der Waals surface area contributed by atoms with E-state index in [4.69, 9.17) is 0 Å². The summed E-state index contributed by atoms with van der Waals surface area (Å²) in [4.78, 5) is 21.4. The van der Waals surface area contributed by atoms with Crippen molar-refractivity contribution in [2.24, 2.45) is 0 Å². The molecule has 0 aliphatic carbocycles. The first-order valence-electron chi connectivity index (χ1n) is 4.64. The van der Waals surface area contributed by atoms with Crippen molar-refractivity contribution in [3.05, 3.63) is 59.6 Å². The fraction of sp³-hybridized carbons (Fsp3) is 0.100. The van der Waals surface area contributed by atoms with Crippen LogP contribution in [0.3, 0.4) is 0 Å². The van der Waals surface area contributed by atoms with Crippen LogP contribution in [0.25, 0.3) is 0 Å². The van der Waals surface area contributed by atoms with E-state index in [-0.39, 0.29) is 10.6 Å². The molecule has 0 saturated carbocycles. The third kappa shape index (κ3) is 2.62. The molecule has 0 spiro atoms. The molecule has 0 amide bonds. The largest absolute Gasteiger partial charge is 0.307 e. The van der Waals surface area contributed by atoms with Crippen LogP contribution >= 0.6 is 27.3 Å². The quantitative estimate of drug-likeness (QED) is 0.646. The lowest BCUT2D eigenvalue weighted by Gasteiger charge is -2.04. The fourth-order valence-electron chi connectivity index (χ4n) is 1.37. The van der Waals surface area contributed by atoms with Gasteiger partial charge in [0.1, 0.15) is 0 Å². The number of benzene rings is 1. The summed E-state index contributed by atoms with van der Waals surface area (Å²) < 4.78 is 2.18. The monoisotopic (exact) mass is 314 g/mol. The van der Waals surface area contributed by atoms with Gasteiger partial charge in [0.05, 0.1) is 11.5 Å². The second-order valence-corrected chi connectivity index (χ2v) is 5.04. The third-order valence-electron chi connectivity index (χ3n) is 2.23. The molecule has 0 fully saturated rings. The molecule has 0 aliphatic rings. The maximum atomic E-state index is 11.4. The second-order valence-electron chi connectivity index (χ2n) is 3.33. The topological polar surface area (TPSA) is 65.1 Å². The van der Waals surface area contributed by atoms with Crippen LogP contribution in [0.4, 0.5) is 5.69 Å². The van der Waals surface area contributed by atoms with Gasteiger partial charge in [0.2, 0.25) is 0 Å². The van der Waals surface area contributed by atoms with E-state index in [2.05, 4.69) is 15.9 Å². The molecule has 7 heteroatoms. The predicted molar refractivity (Wildman–Crippen MR) is 68.5 cm³/mol. The van der Waals surface area contributed by atoms with Crippen LogP contribution < -0.4 is 4.87 Å². The van der Waals surface area contributed by atoms with Gasteiger partial charge in [0.15, 0.2) is 0 Å². The first-order chi connectivity index (χ1) is 8.08. The summed E-state index contributed by atoms with van der Waals surface area (Å²) in [6.45, 7) is 0.404. The van der Waals surface area contributed by atoms with E-state index in [9.17, 15) is 14.9 Å². The molecule has 1 aromatic heterocycles. The molecule has 88 valence electrons. The average molecular weight is 315 g/mol. The standard InChI is InChI=1S/C10H7BrN2O3S/c11-9-5-8(13(15)16)2-1-7(9)6-12-3-4-17-10(12)14/h1-5H,6H2. The van der Waals surface area contributed by atoms with Crippen LogP contribution in [0.5, 0.6) is 0 Å². The van der Waals surface area contributed by atoms with Gasteiger partial charge >= 0.3 is 4.87 Å². The van der Waals surface area contributed by atoms with Gasteiger partial charge < -0.3 is 4.57 Å². The van der Waals surface area contributed by atoms with Gasteiger partial charge in [-0.15, -0.1) is 0 Å². The van der Waals surface area contributed by atoms with Crippen molar-refractivity contribution in [1.29, 1.82) is 0 Å². The Morgan fingerprint density at radius 3 is 2.76 bits per heavy atom. The zero-order valence-corrected chi connectivity index (χ0v) is 10.9. The number of thiazole rings is 1. The summed E-state index contributed by atoms with van der Waals surface area (Å²) >= 11 is 4.39. The number of nitro groups is 1. The van der Waals surface area contributed by atoms with Crippen molar-refractivity contribution in [3.8, 4) is 0 Å². The SMILES string of the molecule is O=c1sccn1Cc1ccc([N+](=O)[O-])cc1Br. The lowest BCUT2D eigenvalue weighted by Crippen LogP contribution is -2.12. The molecule has 0 bridgehead atoms. The molecule has 2 rings (SSSR count). The van der Waals surface area contributed by atoms with Crippen LogP contribution in [0, 0.1) is 10.1 Å². The molecule has 0 N–H and O–H groups in total. The highest BCUT2D eigenvalue weighted by Gasteiger charge is 2.09. The van der Waals surface area contributed by atoms with Crippen LogP contribution in [-0.2, 0) is 6.54 Å². The van der Waals surface area contributed by atoms with E-state index in [1.807, 2.05) is 0 Å². The third-order valence-corrected chi connectivity index (χ3v) is 3.66. The average Bonchev–Trinajstić information content (AvgIpc) is 2.67. The Labute approximate surface area is 109 Å². The van der Waals surface area contributed by atoms with E-state index in [1.54, 1.807) is 22.2 Å². The highest BCUT2D eigenvalue weighted by atomic mass is 79.9. The fourth-order valence-corrected chi connectivity index (χ4v) is 2.45. The minimum Gasteiger partial charge on any atom is -0.301 e. The molecule has 0 radical (unpaired) electrons. The van der Waals surface area contributed by atoms with Crippen LogP contribution in [0.1, 0.15) is 5.56 Å². The predicted octanol–water partition coefficient (Wildman–Crippen LogP) is 2.63. The Morgan fingerprint density at radius 1 is 1.47 bits per heavy atom. The zero-order chi connectivity index (χ0) is 12.4. The van der Waals surface area contributed by atoms with Gasteiger partial charge in [-0.05, 0) is 11.6 Å². The molecule has 0 aliphatic heterocycles. The Morgan fingerprint density at radius 2 is 2.24 bits per heavy atom. The number of nitro benzene ring substituents is 1. The summed E-state index contributed by atoms with van der Waals surface area (Å²) in [7, 11) is 0. The lowest BCUT2D eigenvalue weighted by atomic mass is 10.2. The van der Waals surface area contributed by atoms with Crippen molar-refractivity contribution in [2.75, 3.05) is 0 Å². The summed E-state index contributed by atoms with van der Waals surface area (Å²) in [6, 6.07) is 4.51. The first-order valence-corrected chi connectivity index (χ1v) is 6.32. The maximum Gasteiger partial charge on any atom is 0.307 e. The zero-order valence-electron chi connectivity index (χ0n) is 8.50.